The van der Waals surface area contributed by atoms with Crippen molar-refractivity contribution in [2.75, 3.05) is 0 Å². The maximum Gasteiger partial charge on any atom is 0.469 e. The topological polar surface area (TPSA) is 81.8 Å². The van der Waals surface area contributed by atoms with Crippen LogP contribution in [0.3, 0.4) is 0 Å². The van der Waals surface area contributed by atoms with E-state index in [0.717, 1.165) is 0 Å². The monoisotopic (exact) mass is 132 g/mol. The minimum Gasteiger partial charge on any atom is -0.357 e. The fraction of sp³-hybridized carbons (Fsp3) is 0. The Kier molecular flexibility index (Phi) is 1.12. The third kappa shape index (κ3) is 0.757. The molecule has 1 aromatic rings. The van der Waals surface area contributed by atoms with E-state index in [4.69, 9.17) is 0 Å². The maximum absolute atomic E-state index is 9.74. The lowest BCUT2D eigenvalue weighted by atomic mass is 11.3. The SMILES string of the molecule is O=[N+]([O-])c1nnns1. The highest BCUT2D eigenvalue weighted by atomic mass is 32.1. The summed E-state index contributed by atoms with van der Waals surface area (Å²) in [5.74, 6) is 0. The molecule has 0 radical (unpaired) electrons. The lowest BCUT2D eigenvalue weighted by Gasteiger charge is -1.77. The zero-order valence-corrected chi connectivity index (χ0v) is 4.33. The van der Waals surface area contributed by atoms with Crippen molar-refractivity contribution in [1.82, 2.24) is 14.8 Å². The second-order valence-electron chi connectivity index (χ2n) is 0.902. The first-order valence-corrected chi connectivity index (χ1v) is 2.37. The van der Waals surface area contributed by atoms with Crippen LogP contribution in [0.25, 0.3) is 0 Å². The second kappa shape index (κ2) is 1.78. The van der Waals surface area contributed by atoms with Crippen molar-refractivity contribution in [3.05, 3.63) is 10.1 Å². The van der Waals surface area contributed by atoms with Gasteiger partial charge in [0.2, 0.25) is 0 Å². The van der Waals surface area contributed by atoms with Crippen LogP contribution in [0.15, 0.2) is 0 Å². The van der Waals surface area contributed by atoms with Gasteiger partial charge in [0.05, 0.1) is 16.7 Å². The van der Waals surface area contributed by atoms with Crippen molar-refractivity contribution in [3.8, 4) is 0 Å². The maximum atomic E-state index is 9.74. The van der Waals surface area contributed by atoms with Gasteiger partial charge in [-0.15, -0.1) is 0 Å². The van der Waals surface area contributed by atoms with E-state index >= 15 is 0 Å². The van der Waals surface area contributed by atoms with Crippen LogP contribution in [0.2, 0.25) is 0 Å². The molecule has 1 heterocycles. The van der Waals surface area contributed by atoms with Gasteiger partial charge in [-0.1, -0.05) is 0 Å². The van der Waals surface area contributed by atoms with E-state index in [-0.39, 0.29) is 5.13 Å². The van der Waals surface area contributed by atoms with Crippen LogP contribution >= 0.6 is 11.5 Å². The molecular weight excluding hydrogens is 132 g/mol. The van der Waals surface area contributed by atoms with Gasteiger partial charge in [-0.25, -0.2) is 0 Å². The minimum atomic E-state index is -0.634. The molecule has 0 saturated carbocycles. The highest BCUT2D eigenvalue weighted by Gasteiger charge is 2.08. The van der Waals surface area contributed by atoms with Crippen molar-refractivity contribution in [3.63, 3.8) is 0 Å². The van der Waals surface area contributed by atoms with Crippen LogP contribution in [0.5, 0.6) is 0 Å². The standard InChI is InChI=1S/CN4O2S/c6-5(7)1-2-3-4-8-1. The van der Waals surface area contributed by atoms with E-state index in [1.54, 1.807) is 0 Å². The number of nitrogens with zero attached hydrogens (tertiary/aromatic N) is 4. The Hall–Kier alpha value is -1.11. The van der Waals surface area contributed by atoms with Crippen LogP contribution in [0, 0.1) is 10.1 Å². The van der Waals surface area contributed by atoms with Crippen molar-refractivity contribution < 1.29 is 4.92 Å². The molecule has 0 aliphatic rings. The summed E-state index contributed by atoms with van der Waals surface area (Å²) in [4.78, 5) is 9.10. The third-order valence-electron chi connectivity index (χ3n) is 0.445. The summed E-state index contributed by atoms with van der Waals surface area (Å²) < 4.78 is 3.18. The molecule has 0 aromatic carbocycles. The highest BCUT2D eigenvalue weighted by molar-refractivity contribution is 7.08. The van der Waals surface area contributed by atoms with Gasteiger partial charge in [-0.2, -0.15) is 0 Å². The molecule has 0 aliphatic heterocycles. The minimum absolute atomic E-state index is 0.273. The van der Waals surface area contributed by atoms with Crippen molar-refractivity contribution in [2.24, 2.45) is 0 Å². The van der Waals surface area contributed by atoms with E-state index in [2.05, 4.69) is 14.8 Å². The quantitative estimate of drug-likeness (QED) is 0.391. The average Bonchev–Trinajstić information content (AvgIpc) is 2.12. The largest absolute Gasteiger partial charge is 0.469 e. The van der Waals surface area contributed by atoms with Gasteiger partial charge >= 0.3 is 5.13 Å². The molecule has 0 saturated heterocycles. The summed E-state index contributed by atoms with van der Waals surface area (Å²) in [6.45, 7) is 0. The van der Waals surface area contributed by atoms with Crippen molar-refractivity contribution in [1.29, 1.82) is 0 Å². The molecule has 6 nitrogen and oxygen atoms in total. The smallest absolute Gasteiger partial charge is 0.357 e. The number of aromatic nitrogens is 3. The van der Waals surface area contributed by atoms with E-state index in [1.807, 2.05) is 0 Å². The summed E-state index contributed by atoms with van der Waals surface area (Å²) in [7, 11) is 0. The zero-order valence-electron chi connectivity index (χ0n) is 3.51. The van der Waals surface area contributed by atoms with Gasteiger partial charge in [0, 0.05) is 0 Å². The summed E-state index contributed by atoms with van der Waals surface area (Å²) in [5, 5.41) is 15.6. The molecule has 0 unspecified atom stereocenters. The van der Waals surface area contributed by atoms with Crippen LogP contribution in [-0.2, 0) is 0 Å². The van der Waals surface area contributed by atoms with E-state index in [9.17, 15) is 10.1 Å². The lowest BCUT2D eigenvalue weighted by Crippen LogP contribution is -1.84. The third-order valence-corrected chi connectivity index (χ3v) is 0.994. The van der Waals surface area contributed by atoms with Crippen LogP contribution < -0.4 is 0 Å². The van der Waals surface area contributed by atoms with E-state index in [1.165, 1.54) is 0 Å². The Morgan fingerprint density at radius 2 is 2.50 bits per heavy atom. The number of nitro groups is 1. The van der Waals surface area contributed by atoms with Crippen molar-refractivity contribution in [2.45, 2.75) is 0 Å². The van der Waals surface area contributed by atoms with Crippen LogP contribution in [0.4, 0.5) is 5.13 Å². The van der Waals surface area contributed by atoms with Gasteiger partial charge in [0.1, 0.15) is 5.10 Å². The molecule has 0 N–H and O–H groups in total. The van der Waals surface area contributed by atoms with Gasteiger partial charge in [-0.05, 0) is 9.41 Å². The van der Waals surface area contributed by atoms with Gasteiger partial charge < -0.3 is 10.1 Å². The predicted octanol–water partition coefficient (Wildman–Crippen LogP) is -0.159. The number of rotatable bonds is 1. The molecule has 0 amide bonds. The molecule has 0 atom stereocenters. The first-order chi connectivity index (χ1) is 3.80. The summed E-state index contributed by atoms with van der Waals surface area (Å²) in [6, 6.07) is 0. The summed E-state index contributed by atoms with van der Waals surface area (Å²) >= 11 is 0.660. The fourth-order valence-electron chi connectivity index (χ4n) is 0.199. The highest BCUT2D eigenvalue weighted by Crippen LogP contribution is 2.06. The first-order valence-electron chi connectivity index (χ1n) is 1.60. The Morgan fingerprint density at radius 1 is 1.75 bits per heavy atom. The molecule has 0 fully saturated rings. The lowest BCUT2D eigenvalue weighted by molar-refractivity contribution is -0.385. The summed E-state index contributed by atoms with van der Waals surface area (Å²) in [6.07, 6.45) is 0. The fourth-order valence-corrected chi connectivity index (χ4v) is 0.485. The van der Waals surface area contributed by atoms with Crippen molar-refractivity contribution >= 4 is 16.7 Å². The molecule has 1 aromatic heterocycles. The predicted molar refractivity (Wildman–Crippen MR) is 24.4 cm³/mol. The molecule has 0 spiro atoms. The second-order valence-corrected chi connectivity index (χ2v) is 1.61. The van der Waals surface area contributed by atoms with E-state index < -0.39 is 4.92 Å². The zero-order chi connectivity index (χ0) is 5.98. The van der Waals surface area contributed by atoms with Gasteiger partial charge in [0.15, 0.2) is 0 Å². The van der Waals surface area contributed by atoms with Gasteiger partial charge in [-0.3, -0.25) is 0 Å². The Labute approximate surface area is 47.5 Å². The molecule has 1 rings (SSSR count). The average molecular weight is 132 g/mol. The first kappa shape index (κ1) is 5.04. The number of hydrogen-bond acceptors (Lipinski definition) is 6. The Bertz CT molecular complexity index is 182. The van der Waals surface area contributed by atoms with Gasteiger partial charge in [0.25, 0.3) is 0 Å². The molecular formula is CN4O2S. The molecule has 0 aliphatic carbocycles. The summed E-state index contributed by atoms with van der Waals surface area (Å²) in [5.41, 5.74) is 0. The Balaban J connectivity index is 2.93. The Morgan fingerprint density at radius 3 is 2.75 bits per heavy atom. The normalized spacial score (nSPS) is 9.00. The van der Waals surface area contributed by atoms with Crippen LogP contribution in [-0.4, -0.2) is 19.7 Å². The number of hydrogen-bond donors (Lipinski definition) is 0. The molecule has 8 heavy (non-hydrogen) atoms. The molecule has 7 heteroatoms. The van der Waals surface area contributed by atoms with Crippen LogP contribution in [0.1, 0.15) is 0 Å². The molecule has 0 bridgehead atoms. The van der Waals surface area contributed by atoms with E-state index in [0.29, 0.717) is 11.5 Å². The molecule has 42 valence electrons.